The Morgan fingerprint density at radius 3 is 2.65 bits per heavy atom. The van der Waals surface area contributed by atoms with E-state index in [1.807, 2.05) is 24.3 Å². The van der Waals surface area contributed by atoms with E-state index in [1.165, 1.54) is 5.56 Å². The quantitative estimate of drug-likeness (QED) is 0.779. The van der Waals surface area contributed by atoms with Gasteiger partial charge in [-0.25, -0.2) is 0 Å². The number of hydrogen-bond acceptors (Lipinski definition) is 4. The maximum atomic E-state index is 11.1. The first-order valence-electron chi connectivity index (χ1n) is 6.98. The van der Waals surface area contributed by atoms with Gasteiger partial charge in [-0.3, -0.25) is 0 Å². The second kappa shape index (κ2) is 5.00. The molecule has 5 heteroatoms. The van der Waals surface area contributed by atoms with Gasteiger partial charge in [-0.2, -0.15) is 15.4 Å². The normalized spacial score (nSPS) is 30.4. The third-order valence-corrected chi connectivity index (χ3v) is 4.05. The number of hydrogen-bond donors (Lipinski definition) is 3. The molecule has 0 amide bonds. The lowest BCUT2D eigenvalue weighted by atomic mass is 9.78. The van der Waals surface area contributed by atoms with Crippen LogP contribution in [0.3, 0.4) is 0 Å². The van der Waals surface area contributed by atoms with Crippen LogP contribution in [-0.4, -0.2) is 26.6 Å². The molecule has 0 spiro atoms. The fourth-order valence-electron chi connectivity index (χ4n) is 3.06. The number of aliphatic hydroxyl groups is 1. The minimum absolute atomic E-state index is 0.0174. The first-order chi connectivity index (χ1) is 9.57. The first kappa shape index (κ1) is 13.3. The Hall–Kier alpha value is -1.72. The number of aromatic nitrogens is 3. The molecule has 0 radical (unpaired) electrons. The van der Waals surface area contributed by atoms with Gasteiger partial charge in [0.15, 0.2) is 0 Å². The lowest BCUT2D eigenvalue weighted by Crippen LogP contribution is -2.47. The molecule has 0 aliphatic carbocycles. The average molecular weight is 272 g/mol. The van der Waals surface area contributed by atoms with Crippen molar-refractivity contribution in [2.24, 2.45) is 0 Å². The van der Waals surface area contributed by atoms with Crippen LogP contribution in [0.5, 0.6) is 0 Å². The van der Waals surface area contributed by atoms with Crippen LogP contribution in [0.25, 0.3) is 0 Å². The lowest BCUT2D eigenvalue weighted by Gasteiger charge is -2.40. The first-order valence-corrected chi connectivity index (χ1v) is 6.98. The average Bonchev–Trinajstić information content (AvgIpc) is 2.92. The maximum Gasteiger partial charge on any atom is 0.0995 e. The molecule has 3 N–H and O–H groups in total. The fraction of sp³-hybridized carbons (Fsp3) is 0.467. The van der Waals surface area contributed by atoms with Crippen molar-refractivity contribution in [3.8, 4) is 0 Å². The Balaban J connectivity index is 1.90. The number of piperidine rings is 1. The van der Waals surface area contributed by atoms with Crippen LogP contribution in [-0.2, 0) is 5.60 Å². The predicted molar refractivity (Wildman–Crippen MR) is 76.0 cm³/mol. The van der Waals surface area contributed by atoms with E-state index < -0.39 is 5.60 Å². The molecule has 0 saturated carbocycles. The van der Waals surface area contributed by atoms with E-state index in [9.17, 15) is 5.11 Å². The van der Waals surface area contributed by atoms with Crippen molar-refractivity contribution in [1.29, 1.82) is 0 Å². The Bertz CT molecular complexity index is 566. The molecule has 1 aromatic heterocycles. The van der Waals surface area contributed by atoms with E-state index in [1.54, 1.807) is 6.20 Å². The Morgan fingerprint density at radius 1 is 1.25 bits per heavy atom. The minimum Gasteiger partial charge on any atom is -0.385 e. The SMILES string of the molecule is Cc1ccc(C2(O)CC(C)NC(c3cn[nH]n3)C2)cc1. The zero-order valence-electron chi connectivity index (χ0n) is 11.8. The molecule has 3 unspecified atom stereocenters. The van der Waals surface area contributed by atoms with Crippen molar-refractivity contribution in [2.75, 3.05) is 0 Å². The summed E-state index contributed by atoms with van der Waals surface area (Å²) < 4.78 is 0. The molecule has 1 aromatic carbocycles. The van der Waals surface area contributed by atoms with Crippen LogP contribution in [0.2, 0.25) is 0 Å². The Labute approximate surface area is 118 Å². The molecule has 5 nitrogen and oxygen atoms in total. The summed E-state index contributed by atoms with van der Waals surface area (Å²) in [7, 11) is 0. The van der Waals surface area contributed by atoms with Crippen LogP contribution in [0.15, 0.2) is 30.5 Å². The number of nitrogens with zero attached hydrogens (tertiary/aromatic N) is 2. The van der Waals surface area contributed by atoms with E-state index in [0.29, 0.717) is 12.8 Å². The molecule has 3 atom stereocenters. The standard InChI is InChI=1S/C15H20N4O/c1-10-3-5-12(6-4-10)15(20)7-11(2)17-13(8-15)14-9-16-19-18-14/h3-6,9,11,13,17,20H,7-8H2,1-2H3,(H,16,18,19). The summed E-state index contributed by atoms with van der Waals surface area (Å²) in [5.41, 5.74) is 2.21. The number of benzene rings is 1. The van der Waals surface area contributed by atoms with Gasteiger partial charge >= 0.3 is 0 Å². The molecule has 0 bridgehead atoms. The molecule has 3 rings (SSSR count). The minimum atomic E-state index is -0.817. The largest absolute Gasteiger partial charge is 0.385 e. The van der Waals surface area contributed by atoms with Crippen LogP contribution in [0.1, 0.15) is 42.6 Å². The zero-order chi connectivity index (χ0) is 14.2. The summed E-state index contributed by atoms with van der Waals surface area (Å²) in [4.78, 5) is 0. The van der Waals surface area contributed by atoms with Gasteiger partial charge in [-0.05, 0) is 25.8 Å². The number of rotatable bonds is 2. The summed E-state index contributed by atoms with van der Waals surface area (Å²) in [5.74, 6) is 0. The fourth-order valence-corrected chi connectivity index (χ4v) is 3.06. The highest BCUT2D eigenvalue weighted by molar-refractivity contribution is 5.28. The molecule has 1 aliphatic heterocycles. The van der Waals surface area contributed by atoms with Crippen LogP contribution < -0.4 is 5.32 Å². The van der Waals surface area contributed by atoms with Gasteiger partial charge in [0.2, 0.25) is 0 Å². The van der Waals surface area contributed by atoms with E-state index in [2.05, 4.69) is 34.6 Å². The zero-order valence-corrected chi connectivity index (χ0v) is 11.8. The summed E-state index contributed by atoms with van der Waals surface area (Å²) in [5, 5.41) is 25.2. The third-order valence-electron chi connectivity index (χ3n) is 4.05. The molecule has 2 aromatic rings. The summed E-state index contributed by atoms with van der Waals surface area (Å²) >= 11 is 0. The highest BCUT2D eigenvalue weighted by Crippen LogP contribution is 2.39. The van der Waals surface area contributed by atoms with Crippen molar-refractivity contribution >= 4 is 0 Å². The van der Waals surface area contributed by atoms with Crippen molar-refractivity contribution in [3.63, 3.8) is 0 Å². The lowest BCUT2D eigenvalue weighted by molar-refractivity contribution is -0.0235. The summed E-state index contributed by atoms with van der Waals surface area (Å²) in [6.07, 6.45) is 3.02. The molecule has 106 valence electrons. The number of aryl methyl sites for hydroxylation is 1. The molecule has 2 heterocycles. The molecule has 1 aliphatic rings. The van der Waals surface area contributed by atoms with Crippen LogP contribution >= 0.6 is 0 Å². The van der Waals surface area contributed by atoms with Gasteiger partial charge in [-0.1, -0.05) is 29.8 Å². The second-order valence-electron chi connectivity index (χ2n) is 5.82. The van der Waals surface area contributed by atoms with Crippen molar-refractivity contribution in [3.05, 3.63) is 47.3 Å². The molecule has 20 heavy (non-hydrogen) atoms. The monoisotopic (exact) mass is 272 g/mol. The van der Waals surface area contributed by atoms with Gasteiger partial charge in [0.25, 0.3) is 0 Å². The maximum absolute atomic E-state index is 11.1. The van der Waals surface area contributed by atoms with E-state index in [-0.39, 0.29) is 12.1 Å². The summed E-state index contributed by atoms with van der Waals surface area (Å²) in [6, 6.07) is 8.37. The second-order valence-corrected chi connectivity index (χ2v) is 5.82. The highest BCUT2D eigenvalue weighted by atomic mass is 16.3. The predicted octanol–water partition coefficient (Wildman–Crippen LogP) is 1.81. The summed E-state index contributed by atoms with van der Waals surface area (Å²) in [6.45, 7) is 4.14. The van der Waals surface area contributed by atoms with E-state index >= 15 is 0 Å². The van der Waals surface area contributed by atoms with Crippen molar-refractivity contribution in [1.82, 2.24) is 20.7 Å². The number of nitrogens with one attached hydrogen (secondary N) is 2. The van der Waals surface area contributed by atoms with Crippen LogP contribution in [0, 0.1) is 6.92 Å². The number of H-pyrrole nitrogens is 1. The molecular weight excluding hydrogens is 252 g/mol. The Kier molecular flexibility index (Phi) is 3.31. The molecular formula is C15H20N4O. The van der Waals surface area contributed by atoms with Crippen molar-refractivity contribution in [2.45, 2.75) is 44.4 Å². The topological polar surface area (TPSA) is 73.8 Å². The third kappa shape index (κ3) is 2.46. The van der Waals surface area contributed by atoms with Gasteiger partial charge in [0, 0.05) is 12.5 Å². The van der Waals surface area contributed by atoms with E-state index in [4.69, 9.17) is 0 Å². The number of aromatic amines is 1. The highest BCUT2D eigenvalue weighted by Gasteiger charge is 2.39. The van der Waals surface area contributed by atoms with Gasteiger partial charge in [0.1, 0.15) is 0 Å². The van der Waals surface area contributed by atoms with Gasteiger partial charge in [-0.15, -0.1) is 0 Å². The molecule has 1 saturated heterocycles. The molecule has 1 fully saturated rings. The van der Waals surface area contributed by atoms with E-state index in [0.717, 1.165) is 11.3 Å². The Morgan fingerprint density at radius 2 is 2.00 bits per heavy atom. The van der Waals surface area contributed by atoms with Crippen molar-refractivity contribution < 1.29 is 5.11 Å². The van der Waals surface area contributed by atoms with Gasteiger partial charge in [0.05, 0.1) is 23.5 Å². The smallest absolute Gasteiger partial charge is 0.0995 e. The van der Waals surface area contributed by atoms with Gasteiger partial charge < -0.3 is 10.4 Å². The van der Waals surface area contributed by atoms with Crippen LogP contribution in [0.4, 0.5) is 0 Å².